The smallest absolute Gasteiger partial charge is 0.322 e. The lowest BCUT2D eigenvalue weighted by Gasteiger charge is -2.38. The van der Waals surface area contributed by atoms with Crippen molar-refractivity contribution < 1.29 is 23.9 Å². The number of carbonyl (C=O) groups is 3. The summed E-state index contributed by atoms with van der Waals surface area (Å²) in [6.07, 6.45) is 0.0179. The molecule has 1 aromatic rings. The molecule has 2 aliphatic heterocycles. The topological polar surface area (TPSA) is 102 Å². The van der Waals surface area contributed by atoms with Gasteiger partial charge in [0, 0.05) is 31.9 Å². The first-order chi connectivity index (χ1) is 12.8. The number of anilines is 1. The van der Waals surface area contributed by atoms with Gasteiger partial charge in [-0.15, -0.1) is 0 Å². The number of nitrogens with one attached hydrogen (secondary N) is 2. The highest BCUT2D eigenvalue weighted by Crippen LogP contribution is 2.23. The van der Waals surface area contributed by atoms with Crippen molar-refractivity contribution in [2.45, 2.75) is 18.9 Å². The summed E-state index contributed by atoms with van der Waals surface area (Å²) in [7, 11) is 0. The number of imide groups is 1. The van der Waals surface area contributed by atoms with Crippen LogP contribution in [0.25, 0.3) is 0 Å². The molecule has 0 saturated carbocycles. The Morgan fingerprint density at radius 1 is 1.30 bits per heavy atom. The number of hydrogen-bond acceptors (Lipinski definition) is 5. The van der Waals surface area contributed by atoms with Crippen molar-refractivity contribution in [3.8, 4) is 0 Å². The number of piperazine rings is 1. The minimum atomic E-state index is -1.22. The number of hydrogen-bond donors (Lipinski definition) is 3. The second-order valence-electron chi connectivity index (χ2n) is 7.12. The quantitative estimate of drug-likeness (QED) is 0.630. The number of nitrogens with zero attached hydrogens (tertiary/aromatic N) is 2. The summed E-state index contributed by atoms with van der Waals surface area (Å²) < 4.78 is 13.4. The maximum absolute atomic E-state index is 13.4. The molecule has 4 amide bonds. The third-order valence-electron chi connectivity index (χ3n) is 5.11. The van der Waals surface area contributed by atoms with E-state index < -0.39 is 30.0 Å². The molecule has 2 unspecified atom stereocenters. The number of rotatable bonds is 5. The first-order valence-corrected chi connectivity index (χ1v) is 8.86. The van der Waals surface area contributed by atoms with Crippen LogP contribution in [0, 0.1) is 11.7 Å². The molecule has 9 heteroatoms. The van der Waals surface area contributed by atoms with E-state index in [1.807, 2.05) is 11.0 Å². The second kappa shape index (κ2) is 7.51. The van der Waals surface area contributed by atoms with Crippen molar-refractivity contribution in [2.75, 3.05) is 37.7 Å². The van der Waals surface area contributed by atoms with E-state index in [-0.39, 0.29) is 18.1 Å². The zero-order chi connectivity index (χ0) is 19.6. The van der Waals surface area contributed by atoms with E-state index in [4.69, 9.17) is 0 Å². The molecule has 0 aliphatic carbocycles. The van der Waals surface area contributed by atoms with Gasteiger partial charge in [0.1, 0.15) is 11.4 Å². The maximum Gasteiger partial charge on any atom is 0.322 e. The first kappa shape index (κ1) is 19.1. The van der Waals surface area contributed by atoms with Crippen LogP contribution in [0.1, 0.15) is 13.3 Å². The molecule has 2 atom stereocenters. The number of aliphatic hydroxyl groups is 1. The molecule has 2 heterocycles. The van der Waals surface area contributed by atoms with Crippen LogP contribution in [0.4, 0.5) is 14.9 Å². The van der Waals surface area contributed by atoms with E-state index in [9.17, 15) is 23.9 Å². The summed E-state index contributed by atoms with van der Waals surface area (Å²) in [4.78, 5) is 39.7. The number of urea groups is 1. The summed E-state index contributed by atoms with van der Waals surface area (Å²) in [5.41, 5.74) is -0.456. The van der Waals surface area contributed by atoms with Crippen molar-refractivity contribution in [2.24, 2.45) is 5.92 Å². The molecule has 3 rings (SSSR count). The molecular weight excluding hydrogens is 355 g/mol. The minimum absolute atomic E-state index is 0.0179. The third kappa shape index (κ3) is 4.02. The average Bonchev–Trinajstić information content (AvgIpc) is 2.91. The monoisotopic (exact) mass is 378 g/mol. The first-order valence-electron chi connectivity index (χ1n) is 8.86. The van der Waals surface area contributed by atoms with Crippen LogP contribution in [-0.4, -0.2) is 66.2 Å². The third-order valence-corrected chi connectivity index (χ3v) is 5.11. The summed E-state index contributed by atoms with van der Waals surface area (Å²) in [6.45, 7) is 3.07. The number of carbonyl (C=O) groups excluding carboxylic acids is 3. The molecule has 8 nitrogen and oxygen atoms in total. The fourth-order valence-electron chi connectivity index (χ4n) is 3.56. The molecule has 0 aromatic heterocycles. The van der Waals surface area contributed by atoms with Crippen molar-refractivity contribution in [1.82, 2.24) is 15.5 Å². The van der Waals surface area contributed by atoms with Crippen LogP contribution >= 0.6 is 0 Å². The molecule has 0 radical (unpaired) electrons. The van der Waals surface area contributed by atoms with Crippen LogP contribution in [0.3, 0.4) is 0 Å². The number of halogens is 1. The van der Waals surface area contributed by atoms with E-state index in [2.05, 4.69) is 10.6 Å². The molecule has 2 aliphatic rings. The van der Waals surface area contributed by atoms with Crippen molar-refractivity contribution >= 4 is 23.5 Å². The summed E-state index contributed by atoms with van der Waals surface area (Å²) >= 11 is 0. The fraction of sp³-hybridized carbons (Fsp3) is 0.500. The molecule has 0 bridgehead atoms. The van der Waals surface area contributed by atoms with E-state index in [1.165, 1.54) is 19.1 Å². The van der Waals surface area contributed by atoms with Gasteiger partial charge in [0.05, 0.1) is 12.5 Å². The van der Waals surface area contributed by atoms with Gasteiger partial charge in [0.15, 0.2) is 0 Å². The van der Waals surface area contributed by atoms with Gasteiger partial charge in [0.2, 0.25) is 5.91 Å². The Kier molecular flexibility index (Phi) is 5.31. The van der Waals surface area contributed by atoms with Crippen LogP contribution in [0.15, 0.2) is 24.3 Å². The van der Waals surface area contributed by atoms with Crippen LogP contribution < -0.4 is 15.5 Å². The highest BCUT2D eigenvalue weighted by molar-refractivity contribution is 6.07. The molecule has 146 valence electrons. The van der Waals surface area contributed by atoms with Crippen molar-refractivity contribution in [3.63, 3.8) is 0 Å². The van der Waals surface area contributed by atoms with Gasteiger partial charge in [-0.05, 0) is 31.5 Å². The lowest BCUT2D eigenvalue weighted by Crippen LogP contribution is -2.53. The molecule has 1 aromatic carbocycles. The van der Waals surface area contributed by atoms with E-state index in [0.29, 0.717) is 26.2 Å². The average molecular weight is 378 g/mol. The predicted octanol–water partition coefficient (Wildman–Crippen LogP) is 0.0710. The van der Waals surface area contributed by atoms with Gasteiger partial charge in [-0.25, -0.2) is 9.18 Å². The maximum atomic E-state index is 13.4. The molecule has 2 saturated heterocycles. The highest BCUT2D eigenvalue weighted by atomic mass is 19.1. The Morgan fingerprint density at radius 2 is 2.00 bits per heavy atom. The lowest BCUT2D eigenvalue weighted by atomic mass is 9.88. The summed E-state index contributed by atoms with van der Waals surface area (Å²) in [6, 6.07) is 5.70. The van der Waals surface area contributed by atoms with Gasteiger partial charge in [-0.3, -0.25) is 14.9 Å². The Morgan fingerprint density at radius 3 is 2.56 bits per heavy atom. The number of amides is 4. The molecule has 27 heavy (non-hydrogen) atoms. The van der Waals surface area contributed by atoms with Crippen molar-refractivity contribution in [1.29, 1.82) is 0 Å². The second-order valence-corrected chi connectivity index (χ2v) is 7.12. The van der Waals surface area contributed by atoms with Crippen LogP contribution in [0.2, 0.25) is 0 Å². The SMILES string of the molecule is CC1(CC(CO)C(=O)N2CCN(c3cccc(F)c3)CC2)NC(=O)NC1=O. The van der Waals surface area contributed by atoms with Gasteiger partial charge < -0.3 is 20.2 Å². The van der Waals surface area contributed by atoms with Gasteiger partial charge in [-0.2, -0.15) is 0 Å². The van der Waals surface area contributed by atoms with Gasteiger partial charge in [-0.1, -0.05) is 6.07 Å². The van der Waals surface area contributed by atoms with Crippen molar-refractivity contribution in [3.05, 3.63) is 30.1 Å². The van der Waals surface area contributed by atoms with E-state index in [1.54, 1.807) is 11.0 Å². The van der Waals surface area contributed by atoms with Crippen LogP contribution in [0.5, 0.6) is 0 Å². The van der Waals surface area contributed by atoms with E-state index >= 15 is 0 Å². The summed E-state index contributed by atoms with van der Waals surface area (Å²) in [5, 5.41) is 14.3. The van der Waals surface area contributed by atoms with Gasteiger partial charge >= 0.3 is 6.03 Å². The zero-order valence-corrected chi connectivity index (χ0v) is 15.1. The van der Waals surface area contributed by atoms with Crippen LogP contribution in [-0.2, 0) is 9.59 Å². The standard InChI is InChI=1S/C18H23FN4O4/c1-18(16(26)20-17(27)21-18)10-12(11-24)15(25)23-7-5-22(6-8-23)14-4-2-3-13(19)9-14/h2-4,9,12,24H,5-8,10-11H2,1H3,(H2,20,21,26,27). The Hall–Kier alpha value is -2.68. The minimum Gasteiger partial charge on any atom is -0.396 e. The highest BCUT2D eigenvalue weighted by Gasteiger charge is 2.45. The molecule has 2 fully saturated rings. The summed E-state index contributed by atoms with van der Waals surface area (Å²) in [5.74, 6) is -1.86. The number of aliphatic hydroxyl groups excluding tert-OH is 1. The fourth-order valence-corrected chi connectivity index (χ4v) is 3.56. The zero-order valence-electron chi connectivity index (χ0n) is 15.1. The molecule has 3 N–H and O–H groups in total. The molecule has 0 spiro atoms. The Labute approximate surface area is 156 Å². The Balaban J connectivity index is 1.60. The number of benzene rings is 1. The normalized spacial score (nSPS) is 23.8. The lowest BCUT2D eigenvalue weighted by molar-refractivity contribution is -0.138. The van der Waals surface area contributed by atoms with E-state index in [0.717, 1.165) is 5.69 Å². The largest absolute Gasteiger partial charge is 0.396 e. The predicted molar refractivity (Wildman–Crippen MR) is 95.5 cm³/mol. The Bertz CT molecular complexity index is 751. The molecular formula is C18H23FN4O4. The van der Waals surface area contributed by atoms with Gasteiger partial charge in [0.25, 0.3) is 5.91 Å².